The zero-order valence-corrected chi connectivity index (χ0v) is 9.58. The van der Waals surface area contributed by atoms with Crippen LogP contribution in [0.3, 0.4) is 0 Å². The molecule has 0 aliphatic carbocycles. The van der Waals surface area contributed by atoms with Crippen LogP contribution < -0.4 is 0 Å². The van der Waals surface area contributed by atoms with Crippen LogP contribution in [0.5, 0.6) is 0 Å². The van der Waals surface area contributed by atoms with Crippen molar-refractivity contribution in [3.05, 3.63) is 22.3 Å². The minimum Gasteiger partial charge on any atom is -0.0732 e. The van der Waals surface area contributed by atoms with Gasteiger partial charge in [-0.3, -0.25) is 0 Å². The van der Waals surface area contributed by atoms with Gasteiger partial charge in [-0.05, 0) is 51.7 Å². The van der Waals surface area contributed by atoms with Crippen molar-refractivity contribution < 1.29 is 0 Å². The molecule has 0 saturated carbocycles. The van der Waals surface area contributed by atoms with Crippen LogP contribution in [0, 0.1) is 5.92 Å². The zero-order valence-electron chi connectivity index (χ0n) is 9.58. The first-order chi connectivity index (χ1) is 5.37. The van der Waals surface area contributed by atoms with Gasteiger partial charge in [-0.15, -0.1) is 0 Å². The molecule has 0 radical (unpaired) electrons. The van der Waals surface area contributed by atoms with Gasteiger partial charge in [0, 0.05) is 0 Å². The summed E-state index contributed by atoms with van der Waals surface area (Å²) in [7, 11) is 0. The highest BCUT2D eigenvalue weighted by Crippen LogP contribution is 2.21. The average Bonchev–Trinajstić information content (AvgIpc) is 2.00. The van der Waals surface area contributed by atoms with E-state index >= 15 is 0 Å². The van der Waals surface area contributed by atoms with Crippen molar-refractivity contribution in [1.82, 2.24) is 0 Å². The second-order valence-electron chi connectivity index (χ2n) is 4.09. The molecule has 0 heteroatoms. The fourth-order valence-electron chi connectivity index (χ4n) is 1.10. The van der Waals surface area contributed by atoms with Crippen molar-refractivity contribution in [2.24, 2.45) is 5.92 Å². The Labute approximate surface area is 77.4 Å². The molecule has 0 bridgehead atoms. The fraction of sp³-hybridized carbons (Fsp3) is 0.667. The van der Waals surface area contributed by atoms with Crippen molar-refractivity contribution in [2.45, 2.75) is 48.5 Å². The van der Waals surface area contributed by atoms with Gasteiger partial charge in [0.25, 0.3) is 0 Å². The first-order valence-corrected chi connectivity index (χ1v) is 4.69. The molecule has 0 aliphatic rings. The van der Waals surface area contributed by atoms with Crippen LogP contribution in [-0.4, -0.2) is 0 Å². The summed E-state index contributed by atoms with van der Waals surface area (Å²) in [4.78, 5) is 0. The van der Waals surface area contributed by atoms with Crippen molar-refractivity contribution >= 4 is 0 Å². The highest BCUT2D eigenvalue weighted by molar-refractivity contribution is 5.34. The Hall–Kier alpha value is -0.520. The number of hydrogen-bond donors (Lipinski definition) is 0. The van der Waals surface area contributed by atoms with Crippen molar-refractivity contribution in [1.29, 1.82) is 0 Å². The monoisotopic (exact) mass is 166 g/mol. The van der Waals surface area contributed by atoms with E-state index in [-0.39, 0.29) is 0 Å². The van der Waals surface area contributed by atoms with Gasteiger partial charge < -0.3 is 0 Å². The van der Waals surface area contributed by atoms with E-state index in [1.807, 2.05) is 0 Å². The lowest BCUT2D eigenvalue weighted by atomic mass is 9.94. The van der Waals surface area contributed by atoms with Crippen LogP contribution in [0.15, 0.2) is 22.3 Å². The summed E-state index contributed by atoms with van der Waals surface area (Å²) in [6.45, 7) is 15.5. The molecule has 0 N–H and O–H groups in total. The predicted octanol–water partition coefficient (Wildman–Crippen LogP) is 4.34. The maximum Gasteiger partial charge on any atom is -0.0257 e. The Kier molecular flexibility index (Phi) is 4.30. The van der Waals surface area contributed by atoms with Gasteiger partial charge in [-0.2, -0.15) is 0 Å². The zero-order chi connectivity index (χ0) is 9.89. The third-order valence-electron chi connectivity index (χ3n) is 2.77. The molecule has 70 valence electrons. The summed E-state index contributed by atoms with van der Waals surface area (Å²) in [5, 5.41) is 0. The Bertz CT molecular complexity index is 210. The maximum atomic E-state index is 2.25. The summed E-state index contributed by atoms with van der Waals surface area (Å²) in [5.41, 5.74) is 5.84. The number of hydrogen-bond acceptors (Lipinski definition) is 0. The topological polar surface area (TPSA) is 0 Å². The highest BCUT2D eigenvalue weighted by Gasteiger charge is 2.03. The average molecular weight is 166 g/mol. The Morgan fingerprint density at radius 1 is 0.750 bits per heavy atom. The molecule has 12 heavy (non-hydrogen) atoms. The third-order valence-corrected chi connectivity index (χ3v) is 2.77. The van der Waals surface area contributed by atoms with Crippen LogP contribution in [0.4, 0.5) is 0 Å². The first-order valence-electron chi connectivity index (χ1n) is 4.69. The van der Waals surface area contributed by atoms with Gasteiger partial charge in [-0.25, -0.2) is 0 Å². The Morgan fingerprint density at radius 3 is 1.42 bits per heavy atom. The van der Waals surface area contributed by atoms with Crippen LogP contribution in [0.25, 0.3) is 0 Å². The minimum atomic E-state index is 0.666. The molecule has 0 unspecified atom stereocenters. The molecule has 0 rings (SSSR count). The fourth-order valence-corrected chi connectivity index (χ4v) is 1.10. The summed E-state index contributed by atoms with van der Waals surface area (Å²) >= 11 is 0. The molecule has 0 atom stereocenters. The van der Waals surface area contributed by atoms with Crippen LogP contribution in [-0.2, 0) is 0 Å². The summed E-state index contributed by atoms with van der Waals surface area (Å²) in [5.74, 6) is 0.666. The van der Waals surface area contributed by atoms with Gasteiger partial charge in [-0.1, -0.05) is 25.0 Å². The highest BCUT2D eigenvalue weighted by atomic mass is 14.1. The smallest absolute Gasteiger partial charge is 0.0257 e. The van der Waals surface area contributed by atoms with E-state index in [1.54, 1.807) is 0 Å². The lowest BCUT2D eigenvalue weighted by Gasteiger charge is -2.12. The molecule has 0 saturated heterocycles. The normalized spacial score (nSPS) is 13.0. The van der Waals surface area contributed by atoms with E-state index in [0.29, 0.717) is 5.92 Å². The van der Waals surface area contributed by atoms with E-state index < -0.39 is 0 Å². The Balaban J connectivity index is 4.93. The van der Waals surface area contributed by atoms with Gasteiger partial charge in [0.1, 0.15) is 0 Å². The minimum absolute atomic E-state index is 0.666. The molecule has 0 aromatic heterocycles. The predicted molar refractivity (Wildman–Crippen MR) is 57.3 cm³/mol. The molecule has 0 amide bonds. The maximum absolute atomic E-state index is 2.25. The molecular weight excluding hydrogens is 144 g/mol. The van der Waals surface area contributed by atoms with E-state index in [2.05, 4.69) is 48.5 Å². The summed E-state index contributed by atoms with van der Waals surface area (Å²) in [6.07, 6.45) is 0. The van der Waals surface area contributed by atoms with Crippen LogP contribution in [0.1, 0.15) is 48.5 Å². The second kappa shape index (κ2) is 4.49. The largest absolute Gasteiger partial charge is 0.0732 e. The lowest BCUT2D eigenvalue weighted by molar-refractivity contribution is 0.757. The van der Waals surface area contributed by atoms with Crippen molar-refractivity contribution in [3.8, 4) is 0 Å². The van der Waals surface area contributed by atoms with Crippen LogP contribution >= 0.6 is 0 Å². The Morgan fingerprint density at radius 2 is 1.17 bits per heavy atom. The van der Waals surface area contributed by atoms with Crippen LogP contribution in [0.2, 0.25) is 0 Å². The standard InChI is InChI=1S/C12H22/c1-8(2)10(5)12(7)11(6)9(3)4/h8H,1-7H3/b12-10+. The second-order valence-corrected chi connectivity index (χ2v) is 4.09. The quantitative estimate of drug-likeness (QED) is 0.535. The molecular formula is C12H22. The third kappa shape index (κ3) is 2.84. The van der Waals surface area contributed by atoms with E-state index in [4.69, 9.17) is 0 Å². The van der Waals surface area contributed by atoms with E-state index in [1.165, 1.54) is 22.3 Å². The number of rotatable bonds is 2. The van der Waals surface area contributed by atoms with Gasteiger partial charge in [0.15, 0.2) is 0 Å². The lowest BCUT2D eigenvalue weighted by Crippen LogP contribution is -1.95. The van der Waals surface area contributed by atoms with E-state index in [9.17, 15) is 0 Å². The molecule has 0 aromatic carbocycles. The molecule has 0 fully saturated rings. The summed E-state index contributed by atoms with van der Waals surface area (Å²) in [6, 6.07) is 0. The molecule has 0 aromatic rings. The molecule has 0 heterocycles. The SMILES string of the molecule is CC(C)=C(C)/C(C)=C(\C)C(C)C. The van der Waals surface area contributed by atoms with Crippen molar-refractivity contribution in [2.75, 3.05) is 0 Å². The number of allylic oxidation sites excluding steroid dienone is 4. The summed E-state index contributed by atoms with van der Waals surface area (Å²) < 4.78 is 0. The molecule has 0 nitrogen and oxygen atoms in total. The van der Waals surface area contributed by atoms with E-state index in [0.717, 1.165) is 0 Å². The molecule has 0 spiro atoms. The van der Waals surface area contributed by atoms with Crippen molar-refractivity contribution in [3.63, 3.8) is 0 Å². The first kappa shape index (κ1) is 11.5. The van der Waals surface area contributed by atoms with Gasteiger partial charge >= 0.3 is 0 Å². The van der Waals surface area contributed by atoms with Gasteiger partial charge in [0.05, 0.1) is 0 Å². The van der Waals surface area contributed by atoms with Gasteiger partial charge in [0.2, 0.25) is 0 Å². The molecule has 0 aliphatic heterocycles.